The highest BCUT2D eigenvalue weighted by Gasteiger charge is 2.86. The second kappa shape index (κ2) is 9.02. The molecule has 0 amide bonds. The van der Waals surface area contributed by atoms with Crippen molar-refractivity contribution in [3.05, 3.63) is 42.0 Å². The molecule has 0 aromatic heterocycles. The minimum atomic E-state index is -7.34. The number of halogens is 9. The Balaban J connectivity index is 2.14. The number of hydrogen-bond acceptors (Lipinski definition) is 3. The van der Waals surface area contributed by atoms with Gasteiger partial charge < -0.3 is 0 Å². The predicted octanol–water partition coefficient (Wildman–Crippen LogP) is 7.44. The maximum atomic E-state index is 14.4. The number of benzene rings is 2. The van der Waals surface area contributed by atoms with E-state index in [4.69, 9.17) is 0 Å². The molecule has 0 unspecified atom stereocenters. The Morgan fingerprint density at radius 3 is 1.89 bits per heavy atom. The molecule has 0 radical (unpaired) electrons. The van der Waals surface area contributed by atoms with Crippen LogP contribution in [-0.4, -0.2) is 43.2 Å². The zero-order valence-electron chi connectivity index (χ0n) is 18.1. The zero-order valence-corrected chi connectivity index (χ0v) is 19.8. The third-order valence-corrected chi connectivity index (χ3v) is 11.4. The van der Waals surface area contributed by atoms with Crippen LogP contribution in [0.2, 0.25) is 0 Å². The first-order valence-electron chi connectivity index (χ1n) is 10.4. The number of rotatable bonds is 8. The van der Waals surface area contributed by atoms with Crippen LogP contribution in [0.3, 0.4) is 0 Å². The smallest absolute Gasteiger partial charge is 0.211 e. The van der Waals surface area contributed by atoms with Crippen molar-refractivity contribution in [3.8, 4) is 0 Å². The maximum absolute atomic E-state index is 14.4. The molecule has 198 valence electrons. The molecular formula is C21H21F9O3S2. The summed E-state index contributed by atoms with van der Waals surface area (Å²) in [6, 6.07) is 9.52. The number of aryl methyl sites for hydroxylation is 1. The summed E-state index contributed by atoms with van der Waals surface area (Å²) in [4.78, 5) is 0.121. The van der Waals surface area contributed by atoms with Crippen LogP contribution in [0.1, 0.15) is 31.7 Å². The summed E-state index contributed by atoms with van der Waals surface area (Å²) < 4.78 is 150. The predicted molar refractivity (Wildman–Crippen MR) is 114 cm³/mol. The third-order valence-electron chi connectivity index (χ3n) is 5.74. The summed E-state index contributed by atoms with van der Waals surface area (Å²) in [5.74, 6) is -15.0. The highest BCUT2D eigenvalue weighted by atomic mass is 32.3. The highest BCUT2D eigenvalue weighted by molar-refractivity contribution is 8.33. The van der Waals surface area contributed by atoms with Gasteiger partial charge >= 0.3 is 33.4 Å². The van der Waals surface area contributed by atoms with Crippen molar-refractivity contribution in [2.45, 2.75) is 60.8 Å². The largest absolute Gasteiger partial charge is 0.460 e. The van der Waals surface area contributed by atoms with E-state index in [-0.39, 0.29) is 29.2 Å². The van der Waals surface area contributed by atoms with Gasteiger partial charge in [-0.05, 0) is 41.7 Å². The number of fused-ring (bicyclic) bond motifs is 1. The Labute approximate surface area is 197 Å². The molecule has 1 aliphatic rings. The SMILES string of the molecule is CCCc1ccc(S2(OS(=O)(=O)C(F)(F)C(F)(F)C(F)(F)C(F)(F)F)CCCC2)c2ccccc12. The van der Waals surface area contributed by atoms with E-state index in [1.54, 1.807) is 30.3 Å². The molecule has 0 aliphatic carbocycles. The first-order valence-corrected chi connectivity index (χ1v) is 13.7. The van der Waals surface area contributed by atoms with Crippen LogP contribution in [0.25, 0.3) is 10.8 Å². The van der Waals surface area contributed by atoms with Gasteiger partial charge in [-0.25, -0.2) is 3.63 Å². The van der Waals surface area contributed by atoms with Crippen LogP contribution < -0.4 is 0 Å². The standard InChI is InChI=1S/C21H21F9O3S2/c1-2-7-14-10-11-17(16-9-4-3-8-15(14)16)34(12-5-6-13-34)33-35(31,32)21(29,30)19(24,25)18(22,23)20(26,27)28/h3-4,8-11H,2,5-7,12-13H2,1H3. The zero-order chi connectivity index (χ0) is 26.5. The van der Waals surface area contributed by atoms with E-state index in [1.165, 1.54) is 6.07 Å². The second-order valence-corrected chi connectivity index (χ2v) is 13.0. The van der Waals surface area contributed by atoms with Crippen molar-refractivity contribution in [1.29, 1.82) is 0 Å². The van der Waals surface area contributed by atoms with Gasteiger partial charge in [-0.15, -0.1) is 0 Å². The first-order chi connectivity index (χ1) is 16.0. The number of alkyl halides is 9. The lowest BCUT2D eigenvalue weighted by Gasteiger charge is -2.39. The molecule has 3 nitrogen and oxygen atoms in total. The van der Waals surface area contributed by atoms with E-state index in [0.29, 0.717) is 17.2 Å². The normalized spacial score (nSPS) is 18.7. The lowest BCUT2D eigenvalue weighted by Crippen LogP contribution is -2.63. The third kappa shape index (κ3) is 4.39. The quantitative estimate of drug-likeness (QED) is 0.318. The minimum absolute atomic E-state index is 0.121. The van der Waals surface area contributed by atoms with Crippen molar-refractivity contribution in [3.63, 3.8) is 0 Å². The Morgan fingerprint density at radius 2 is 1.37 bits per heavy atom. The van der Waals surface area contributed by atoms with Crippen molar-refractivity contribution in [2.75, 3.05) is 11.5 Å². The summed E-state index contributed by atoms with van der Waals surface area (Å²) in [6.45, 7) is 1.90. The van der Waals surface area contributed by atoms with Gasteiger partial charge in [-0.1, -0.05) is 54.0 Å². The van der Waals surface area contributed by atoms with E-state index < -0.39 is 43.7 Å². The van der Waals surface area contributed by atoms with E-state index in [1.807, 2.05) is 6.92 Å². The fourth-order valence-corrected chi connectivity index (χ4v) is 9.85. The summed E-state index contributed by atoms with van der Waals surface area (Å²) >= 11 is 0. The lowest BCUT2D eigenvalue weighted by atomic mass is 10.0. The first kappa shape index (κ1) is 27.9. The Hall–Kier alpha value is -1.67. The summed E-state index contributed by atoms with van der Waals surface area (Å²) in [5.41, 5.74) is 0.837. The van der Waals surface area contributed by atoms with Crippen LogP contribution >= 0.6 is 10.3 Å². The highest BCUT2D eigenvalue weighted by Crippen LogP contribution is 2.66. The molecule has 2 aromatic rings. The minimum Gasteiger partial charge on any atom is -0.211 e. The molecule has 1 aliphatic heterocycles. The van der Waals surface area contributed by atoms with Crippen LogP contribution in [-0.2, 0) is 20.2 Å². The molecule has 1 saturated heterocycles. The molecule has 14 heteroatoms. The molecule has 0 spiro atoms. The van der Waals surface area contributed by atoms with Crippen molar-refractivity contribution in [2.24, 2.45) is 0 Å². The average Bonchev–Trinajstić information content (AvgIpc) is 3.21. The summed E-state index contributed by atoms with van der Waals surface area (Å²) in [5, 5.41) is -5.84. The summed E-state index contributed by atoms with van der Waals surface area (Å²) in [6.07, 6.45) is -5.30. The van der Waals surface area contributed by atoms with Crippen LogP contribution in [0.15, 0.2) is 41.3 Å². The summed E-state index contributed by atoms with van der Waals surface area (Å²) in [7, 11) is -10.3. The second-order valence-electron chi connectivity index (χ2n) is 8.13. The lowest BCUT2D eigenvalue weighted by molar-refractivity contribution is -0.382. The molecule has 0 N–H and O–H groups in total. The van der Waals surface area contributed by atoms with Crippen molar-refractivity contribution < 1.29 is 51.6 Å². The molecule has 1 fully saturated rings. The Bertz CT molecular complexity index is 1190. The van der Waals surface area contributed by atoms with Gasteiger partial charge in [-0.3, -0.25) is 0 Å². The molecule has 1 heterocycles. The maximum Gasteiger partial charge on any atom is 0.460 e. The topological polar surface area (TPSA) is 43.4 Å². The van der Waals surface area contributed by atoms with Gasteiger partial charge in [0, 0.05) is 16.4 Å². The van der Waals surface area contributed by atoms with Gasteiger partial charge in [0.2, 0.25) is 0 Å². The molecule has 0 atom stereocenters. The van der Waals surface area contributed by atoms with Crippen LogP contribution in [0, 0.1) is 0 Å². The van der Waals surface area contributed by atoms with E-state index in [0.717, 1.165) is 12.0 Å². The Kier molecular flexibility index (Phi) is 7.19. The molecule has 35 heavy (non-hydrogen) atoms. The average molecular weight is 557 g/mol. The van der Waals surface area contributed by atoms with Gasteiger partial charge in [0.15, 0.2) is 0 Å². The van der Waals surface area contributed by atoms with Crippen LogP contribution in [0.5, 0.6) is 0 Å². The monoisotopic (exact) mass is 556 g/mol. The van der Waals surface area contributed by atoms with Gasteiger partial charge in [-0.2, -0.15) is 47.9 Å². The fraction of sp³-hybridized carbons (Fsp3) is 0.524. The molecular weight excluding hydrogens is 535 g/mol. The van der Waals surface area contributed by atoms with Crippen LogP contribution in [0.4, 0.5) is 39.5 Å². The van der Waals surface area contributed by atoms with E-state index >= 15 is 0 Å². The van der Waals surface area contributed by atoms with E-state index in [2.05, 4.69) is 3.63 Å². The fourth-order valence-electron chi connectivity index (χ4n) is 3.97. The van der Waals surface area contributed by atoms with Gasteiger partial charge in [0.05, 0.1) is 0 Å². The van der Waals surface area contributed by atoms with Gasteiger partial charge in [0.25, 0.3) is 0 Å². The van der Waals surface area contributed by atoms with Crippen molar-refractivity contribution in [1.82, 2.24) is 0 Å². The van der Waals surface area contributed by atoms with Gasteiger partial charge in [0.1, 0.15) is 0 Å². The molecule has 0 bridgehead atoms. The van der Waals surface area contributed by atoms with E-state index in [9.17, 15) is 47.9 Å². The molecule has 0 saturated carbocycles. The van der Waals surface area contributed by atoms with Crippen molar-refractivity contribution >= 4 is 31.2 Å². The Morgan fingerprint density at radius 1 is 0.829 bits per heavy atom. The number of hydrogen-bond donors (Lipinski definition) is 0. The molecule has 2 aromatic carbocycles. The molecule has 3 rings (SSSR count).